The lowest BCUT2D eigenvalue weighted by atomic mass is 10.0. The first-order chi connectivity index (χ1) is 14.7. The number of fused-ring (bicyclic) bond motifs is 1. The molecule has 0 radical (unpaired) electrons. The fourth-order valence-electron chi connectivity index (χ4n) is 3.59. The molecule has 2 N–H and O–H groups in total. The van der Waals surface area contributed by atoms with E-state index in [9.17, 15) is 4.79 Å². The molecule has 1 atom stereocenters. The standard InChI is InChI=1S/C25H25N3O2/c1-3-20(16-30-2)26-25(29)19-13-11-18(12-14-19)23-15-24(28-27-23)22-10-6-8-17-7-4-5-9-21(17)22/h4-15,20H,3,16H2,1-2H3,(H,26,29)(H,27,28)/t20-/m1/s1. The highest BCUT2D eigenvalue weighted by molar-refractivity contribution is 5.96. The maximum atomic E-state index is 12.5. The molecule has 0 saturated carbocycles. The zero-order valence-corrected chi connectivity index (χ0v) is 17.2. The molecule has 1 amide bonds. The first-order valence-corrected chi connectivity index (χ1v) is 10.1. The van der Waals surface area contributed by atoms with Crippen LogP contribution in [0.15, 0.2) is 72.8 Å². The van der Waals surface area contributed by atoms with Gasteiger partial charge in [-0.05, 0) is 35.4 Å². The van der Waals surface area contributed by atoms with Gasteiger partial charge in [0.15, 0.2) is 0 Å². The fourth-order valence-corrected chi connectivity index (χ4v) is 3.59. The van der Waals surface area contributed by atoms with Gasteiger partial charge in [0.1, 0.15) is 0 Å². The number of carbonyl (C=O) groups excluding carboxylic acids is 1. The summed E-state index contributed by atoms with van der Waals surface area (Å²) < 4.78 is 5.15. The SMILES string of the molecule is CC[C@H](COC)NC(=O)c1ccc(-c2cc(-c3cccc4ccccc34)[nH]n2)cc1. The molecule has 3 aromatic carbocycles. The molecule has 0 aliphatic carbocycles. The molecule has 5 nitrogen and oxygen atoms in total. The summed E-state index contributed by atoms with van der Waals surface area (Å²) in [4.78, 5) is 12.5. The van der Waals surface area contributed by atoms with Gasteiger partial charge < -0.3 is 10.1 Å². The molecule has 1 aromatic heterocycles. The number of benzene rings is 3. The van der Waals surface area contributed by atoms with Crippen LogP contribution in [0.4, 0.5) is 0 Å². The summed E-state index contributed by atoms with van der Waals surface area (Å²) >= 11 is 0. The van der Waals surface area contributed by atoms with Gasteiger partial charge in [0.25, 0.3) is 5.91 Å². The van der Waals surface area contributed by atoms with E-state index >= 15 is 0 Å². The summed E-state index contributed by atoms with van der Waals surface area (Å²) in [6, 6.07) is 24.1. The lowest BCUT2D eigenvalue weighted by Crippen LogP contribution is -2.37. The van der Waals surface area contributed by atoms with Crippen LogP contribution in [0.2, 0.25) is 0 Å². The molecule has 1 heterocycles. The molecule has 30 heavy (non-hydrogen) atoms. The summed E-state index contributed by atoms with van der Waals surface area (Å²) in [5.74, 6) is -0.0936. The number of nitrogens with one attached hydrogen (secondary N) is 2. The highest BCUT2D eigenvalue weighted by Crippen LogP contribution is 2.29. The van der Waals surface area contributed by atoms with Gasteiger partial charge in [-0.2, -0.15) is 5.10 Å². The number of H-pyrrole nitrogens is 1. The van der Waals surface area contributed by atoms with Crippen LogP contribution < -0.4 is 5.32 Å². The second-order valence-electron chi connectivity index (χ2n) is 7.30. The average molecular weight is 399 g/mol. The number of carbonyl (C=O) groups is 1. The lowest BCUT2D eigenvalue weighted by molar-refractivity contribution is 0.0894. The summed E-state index contributed by atoms with van der Waals surface area (Å²) in [6.07, 6.45) is 0.821. The molecule has 0 spiro atoms. The van der Waals surface area contributed by atoms with Gasteiger partial charge >= 0.3 is 0 Å². The number of hydrogen-bond donors (Lipinski definition) is 2. The van der Waals surface area contributed by atoms with E-state index in [2.05, 4.69) is 45.8 Å². The topological polar surface area (TPSA) is 67.0 Å². The van der Waals surface area contributed by atoms with Crippen LogP contribution >= 0.6 is 0 Å². The predicted molar refractivity (Wildman–Crippen MR) is 120 cm³/mol. The van der Waals surface area contributed by atoms with Gasteiger partial charge in [0, 0.05) is 23.8 Å². The molecule has 152 valence electrons. The normalized spacial score (nSPS) is 12.1. The van der Waals surface area contributed by atoms with E-state index in [1.54, 1.807) is 7.11 Å². The minimum Gasteiger partial charge on any atom is -0.383 e. The van der Waals surface area contributed by atoms with E-state index in [0.29, 0.717) is 12.2 Å². The Morgan fingerprint density at radius 2 is 1.83 bits per heavy atom. The Hall–Kier alpha value is -3.44. The number of methoxy groups -OCH3 is 1. The lowest BCUT2D eigenvalue weighted by Gasteiger charge is -2.15. The monoisotopic (exact) mass is 399 g/mol. The first-order valence-electron chi connectivity index (χ1n) is 10.1. The van der Waals surface area contributed by atoms with Crippen molar-refractivity contribution in [2.75, 3.05) is 13.7 Å². The highest BCUT2D eigenvalue weighted by atomic mass is 16.5. The number of aromatic nitrogens is 2. The largest absolute Gasteiger partial charge is 0.383 e. The zero-order valence-electron chi connectivity index (χ0n) is 17.2. The van der Waals surface area contributed by atoms with Gasteiger partial charge in [-0.3, -0.25) is 9.89 Å². The molecule has 0 aliphatic rings. The molecular formula is C25H25N3O2. The van der Waals surface area contributed by atoms with Crippen LogP contribution in [0.1, 0.15) is 23.7 Å². The highest BCUT2D eigenvalue weighted by Gasteiger charge is 2.13. The van der Waals surface area contributed by atoms with E-state index in [4.69, 9.17) is 4.74 Å². The van der Waals surface area contributed by atoms with Crippen LogP contribution in [0.3, 0.4) is 0 Å². The Morgan fingerprint density at radius 1 is 1.07 bits per heavy atom. The number of ether oxygens (including phenoxy) is 1. The summed E-state index contributed by atoms with van der Waals surface area (Å²) in [6.45, 7) is 2.53. The molecular weight excluding hydrogens is 374 g/mol. The minimum atomic E-state index is -0.0936. The number of aromatic amines is 1. The van der Waals surface area contributed by atoms with Gasteiger partial charge in [-0.15, -0.1) is 0 Å². The molecule has 4 rings (SSSR count). The van der Waals surface area contributed by atoms with Crippen molar-refractivity contribution >= 4 is 16.7 Å². The van der Waals surface area contributed by atoms with Crippen LogP contribution in [-0.2, 0) is 4.74 Å². The van der Waals surface area contributed by atoms with Crippen molar-refractivity contribution in [2.45, 2.75) is 19.4 Å². The number of hydrogen-bond acceptors (Lipinski definition) is 3. The average Bonchev–Trinajstić information content (AvgIpc) is 3.28. The van der Waals surface area contributed by atoms with Crippen molar-refractivity contribution < 1.29 is 9.53 Å². The maximum Gasteiger partial charge on any atom is 0.251 e. The first kappa shape index (κ1) is 19.9. The molecule has 0 unspecified atom stereocenters. The van der Waals surface area contributed by atoms with E-state index < -0.39 is 0 Å². The van der Waals surface area contributed by atoms with Gasteiger partial charge in [-0.25, -0.2) is 0 Å². The predicted octanol–water partition coefficient (Wildman–Crippen LogP) is 5.05. The molecule has 0 saturated heterocycles. The van der Waals surface area contributed by atoms with Crippen molar-refractivity contribution in [2.24, 2.45) is 0 Å². The fraction of sp³-hybridized carbons (Fsp3) is 0.200. The van der Waals surface area contributed by atoms with Crippen molar-refractivity contribution in [1.29, 1.82) is 0 Å². The number of rotatable bonds is 7. The van der Waals surface area contributed by atoms with E-state index in [1.165, 1.54) is 10.8 Å². The summed E-state index contributed by atoms with van der Waals surface area (Å²) in [7, 11) is 1.64. The Bertz CT molecular complexity index is 1140. The minimum absolute atomic E-state index is 0.0109. The summed E-state index contributed by atoms with van der Waals surface area (Å²) in [5.41, 5.74) is 4.51. The third-order valence-corrected chi connectivity index (χ3v) is 5.30. The van der Waals surface area contributed by atoms with E-state index in [0.717, 1.165) is 28.9 Å². The Labute approximate surface area is 176 Å². The van der Waals surface area contributed by atoms with Crippen molar-refractivity contribution in [1.82, 2.24) is 15.5 Å². The van der Waals surface area contributed by atoms with E-state index in [1.807, 2.05) is 49.4 Å². The van der Waals surface area contributed by atoms with Crippen molar-refractivity contribution in [3.8, 4) is 22.5 Å². The Balaban J connectivity index is 1.55. The van der Waals surface area contributed by atoms with Crippen LogP contribution in [-0.4, -0.2) is 35.9 Å². The second-order valence-corrected chi connectivity index (χ2v) is 7.30. The third kappa shape index (κ3) is 4.11. The van der Waals surface area contributed by atoms with Gasteiger partial charge in [-0.1, -0.05) is 61.5 Å². The molecule has 4 aromatic rings. The molecule has 0 fully saturated rings. The van der Waals surface area contributed by atoms with Crippen LogP contribution in [0.5, 0.6) is 0 Å². The molecule has 5 heteroatoms. The van der Waals surface area contributed by atoms with Gasteiger partial charge in [0.05, 0.1) is 24.0 Å². The second kappa shape index (κ2) is 8.93. The number of amides is 1. The van der Waals surface area contributed by atoms with E-state index in [-0.39, 0.29) is 11.9 Å². The van der Waals surface area contributed by atoms with Crippen molar-refractivity contribution in [3.05, 3.63) is 78.4 Å². The summed E-state index contributed by atoms with van der Waals surface area (Å²) in [5, 5.41) is 13.0. The van der Waals surface area contributed by atoms with Crippen LogP contribution in [0, 0.1) is 0 Å². The quantitative estimate of drug-likeness (QED) is 0.457. The molecule has 0 aliphatic heterocycles. The van der Waals surface area contributed by atoms with Gasteiger partial charge in [0.2, 0.25) is 0 Å². The molecule has 0 bridgehead atoms. The zero-order chi connectivity index (χ0) is 20.9. The smallest absolute Gasteiger partial charge is 0.251 e. The maximum absolute atomic E-state index is 12.5. The van der Waals surface area contributed by atoms with Crippen LogP contribution in [0.25, 0.3) is 33.3 Å². The Kier molecular flexibility index (Phi) is 5.91. The third-order valence-electron chi connectivity index (χ3n) is 5.30. The Morgan fingerprint density at radius 3 is 2.60 bits per heavy atom. The van der Waals surface area contributed by atoms with Crippen molar-refractivity contribution in [3.63, 3.8) is 0 Å². The number of nitrogens with zero attached hydrogens (tertiary/aromatic N) is 1.